The van der Waals surface area contributed by atoms with Gasteiger partial charge in [0.2, 0.25) is 0 Å². The lowest BCUT2D eigenvalue weighted by Crippen LogP contribution is -1.96. The average Bonchev–Trinajstić information content (AvgIpc) is 3.08. The molecule has 0 amide bonds. The maximum Gasteiger partial charge on any atom is 0.157 e. The topological polar surface area (TPSA) is 58.0 Å². The minimum Gasteiger partial charge on any atom is -0.389 e. The van der Waals surface area contributed by atoms with E-state index in [4.69, 9.17) is 11.6 Å². The number of hydrogen-bond acceptors (Lipinski definition) is 5. The van der Waals surface area contributed by atoms with Crippen LogP contribution in [-0.2, 0) is 6.61 Å². The second kappa shape index (κ2) is 6.80. The fourth-order valence-electron chi connectivity index (χ4n) is 2.66. The van der Waals surface area contributed by atoms with Crippen LogP contribution in [0.5, 0.6) is 0 Å². The molecule has 6 heteroatoms. The van der Waals surface area contributed by atoms with Gasteiger partial charge in [-0.3, -0.25) is 0 Å². The fraction of sp³-hybridized carbons (Fsp3) is 0.0526. The molecule has 0 atom stereocenters. The number of benzene rings is 2. The van der Waals surface area contributed by atoms with Crippen molar-refractivity contribution in [2.45, 2.75) is 6.61 Å². The first kappa shape index (κ1) is 16.0. The van der Waals surface area contributed by atoms with Gasteiger partial charge in [-0.1, -0.05) is 54.1 Å². The molecule has 0 unspecified atom stereocenters. The number of fused-ring (bicyclic) bond motifs is 1. The fourth-order valence-corrected chi connectivity index (χ4v) is 3.76. The number of aliphatic hydroxyl groups excluding tert-OH is 1. The third-order valence-electron chi connectivity index (χ3n) is 3.82. The number of aromatic nitrogens is 2. The van der Waals surface area contributed by atoms with Crippen molar-refractivity contribution in [3.8, 4) is 11.1 Å². The van der Waals surface area contributed by atoms with Crippen LogP contribution in [-0.4, -0.2) is 15.1 Å². The van der Waals surface area contributed by atoms with E-state index in [0.717, 1.165) is 27.0 Å². The van der Waals surface area contributed by atoms with Gasteiger partial charge in [0.05, 0.1) is 22.0 Å². The third kappa shape index (κ3) is 3.09. The lowest BCUT2D eigenvalue weighted by Gasteiger charge is -2.12. The number of halogens is 1. The number of rotatable bonds is 4. The second-order valence-corrected chi connectivity index (χ2v) is 6.92. The quantitative estimate of drug-likeness (QED) is 0.517. The predicted molar refractivity (Wildman–Crippen MR) is 104 cm³/mol. The molecule has 0 aliphatic carbocycles. The van der Waals surface area contributed by atoms with E-state index in [0.29, 0.717) is 15.8 Å². The van der Waals surface area contributed by atoms with E-state index in [9.17, 15) is 5.11 Å². The Kier molecular flexibility index (Phi) is 4.36. The number of hydrogen-bond donors (Lipinski definition) is 2. The van der Waals surface area contributed by atoms with Crippen LogP contribution in [0.25, 0.3) is 21.3 Å². The second-order valence-electron chi connectivity index (χ2n) is 5.43. The minimum absolute atomic E-state index is 0.0803. The highest BCUT2D eigenvalue weighted by Gasteiger charge is 2.12. The zero-order valence-corrected chi connectivity index (χ0v) is 14.7. The van der Waals surface area contributed by atoms with Crippen molar-refractivity contribution in [2.24, 2.45) is 0 Å². The maximum absolute atomic E-state index is 9.31. The van der Waals surface area contributed by atoms with Crippen LogP contribution in [0.2, 0.25) is 5.02 Å². The summed E-state index contributed by atoms with van der Waals surface area (Å²) in [6, 6.07) is 17.7. The molecule has 0 aliphatic heterocycles. The van der Waals surface area contributed by atoms with Crippen molar-refractivity contribution >= 4 is 44.7 Å². The molecule has 2 heterocycles. The van der Waals surface area contributed by atoms with E-state index in [1.807, 2.05) is 54.6 Å². The first-order valence-corrected chi connectivity index (χ1v) is 8.92. The summed E-state index contributed by atoms with van der Waals surface area (Å²) in [5.74, 6) is 0.626. The normalized spacial score (nSPS) is 11.0. The summed E-state index contributed by atoms with van der Waals surface area (Å²) < 4.78 is 0.969. The zero-order valence-electron chi connectivity index (χ0n) is 13.1. The van der Waals surface area contributed by atoms with Crippen LogP contribution in [0.1, 0.15) is 5.01 Å². The summed E-state index contributed by atoms with van der Waals surface area (Å²) in [5, 5.41) is 13.9. The van der Waals surface area contributed by atoms with Gasteiger partial charge >= 0.3 is 0 Å². The van der Waals surface area contributed by atoms with E-state index in [2.05, 4.69) is 15.3 Å². The Morgan fingerprint density at radius 2 is 1.88 bits per heavy atom. The largest absolute Gasteiger partial charge is 0.389 e. The van der Waals surface area contributed by atoms with Crippen molar-refractivity contribution in [1.29, 1.82) is 0 Å². The van der Waals surface area contributed by atoms with Crippen molar-refractivity contribution in [3.63, 3.8) is 0 Å². The molecule has 124 valence electrons. The highest BCUT2D eigenvalue weighted by molar-refractivity contribution is 7.18. The Labute approximate surface area is 153 Å². The van der Waals surface area contributed by atoms with Gasteiger partial charge in [0, 0.05) is 11.8 Å². The Balaban J connectivity index is 1.76. The highest BCUT2D eigenvalue weighted by atomic mass is 35.5. The molecule has 0 aliphatic rings. The molecule has 2 N–H and O–H groups in total. The van der Waals surface area contributed by atoms with Crippen molar-refractivity contribution in [2.75, 3.05) is 5.32 Å². The van der Waals surface area contributed by atoms with Crippen LogP contribution >= 0.6 is 22.9 Å². The molecule has 2 aromatic heterocycles. The van der Waals surface area contributed by atoms with E-state index in [1.165, 1.54) is 11.3 Å². The molecule has 0 bridgehead atoms. The van der Waals surface area contributed by atoms with Gasteiger partial charge in [-0.25, -0.2) is 9.97 Å². The summed E-state index contributed by atoms with van der Waals surface area (Å²) in [6.45, 7) is -0.0803. The number of thiazole rings is 1. The monoisotopic (exact) mass is 367 g/mol. The molecule has 0 saturated carbocycles. The number of aliphatic hydroxyl groups is 1. The van der Waals surface area contributed by atoms with Gasteiger partial charge in [0.1, 0.15) is 10.5 Å². The van der Waals surface area contributed by atoms with Gasteiger partial charge in [0.15, 0.2) is 5.82 Å². The van der Waals surface area contributed by atoms with Gasteiger partial charge in [0.25, 0.3) is 0 Å². The number of anilines is 2. The highest BCUT2D eigenvalue weighted by Crippen LogP contribution is 2.36. The molecule has 4 rings (SSSR count). The van der Waals surface area contributed by atoms with Gasteiger partial charge in [-0.05, 0) is 17.7 Å². The first-order chi connectivity index (χ1) is 12.3. The van der Waals surface area contributed by atoms with Crippen LogP contribution in [0.3, 0.4) is 0 Å². The van der Waals surface area contributed by atoms with Crippen molar-refractivity contribution in [1.82, 2.24) is 9.97 Å². The summed E-state index contributed by atoms with van der Waals surface area (Å²) in [5.41, 5.74) is 3.51. The van der Waals surface area contributed by atoms with E-state index >= 15 is 0 Å². The van der Waals surface area contributed by atoms with Gasteiger partial charge in [-0.2, -0.15) is 0 Å². The molecule has 2 aromatic carbocycles. The van der Waals surface area contributed by atoms with Gasteiger partial charge < -0.3 is 10.4 Å². The Hall–Kier alpha value is -2.47. The van der Waals surface area contributed by atoms with E-state index in [1.54, 1.807) is 6.20 Å². The van der Waals surface area contributed by atoms with Crippen LogP contribution in [0.4, 0.5) is 11.5 Å². The lowest BCUT2D eigenvalue weighted by molar-refractivity contribution is 0.281. The average molecular weight is 368 g/mol. The molecule has 0 fully saturated rings. The zero-order chi connectivity index (χ0) is 17.2. The molecular formula is C19H14ClN3OS. The SMILES string of the molecule is OCc1nc2c(Nc3cccc(-c4ccccc4)c3Cl)nccc2s1. The molecule has 25 heavy (non-hydrogen) atoms. The maximum atomic E-state index is 9.31. The molecule has 4 aromatic rings. The van der Waals surface area contributed by atoms with E-state index < -0.39 is 0 Å². The number of nitrogens with one attached hydrogen (secondary N) is 1. The molecule has 4 nitrogen and oxygen atoms in total. The molecule has 0 saturated heterocycles. The van der Waals surface area contributed by atoms with Crippen molar-refractivity contribution in [3.05, 3.63) is 70.8 Å². The summed E-state index contributed by atoms with van der Waals surface area (Å²) in [6.07, 6.45) is 1.72. The standard InChI is InChI=1S/C19H14ClN3OS/c20-17-13(12-5-2-1-3-6-12)7-4-8-14(17)22-19-18-15(9-10-21-19)25-16(11-24)23-18/h1-10,24H,11H2,(H,21,22). The molecular weight excluding hydrogens is 354 g/mol. The lowest BCUT2D eigenvalue weighted by atomic mass is 10.1. The Morgan fingerprint density at radius 1 is 1.04 bits per heavy atom. The van der Waals surface area contributed by atoms with Gasteiger partial charge in [-0.15, -0.1) is 11.3 Å². The minimum atomic E-state index is -0.0803. The first-order valence-electron chi connectivity index (χ1n) is 7.72. The number of pyridine rings is 1. The van der Waals surface area contributed by atoms with Crippen LogP contribution < -0.4 is 5.32 Å². The summed E-state index contributed by atoms with van der Waals surface area (Å²) in [7, 11) is 0. The smallest absolute Gasteiger partial charge is 0.157 e. The van der Waals surface area contributed by atoms with Crippen molar-refractivity contribution < 1.29 is 5.11 Å². The Bertz CT molecular complexity index is 1030. The predicted octanol–water partition coefficient (Wildman–Crippen LogP) is 5.25. The van der Waals surface area contributed by atoms with E-state index in [-0.39, 0.29) is 6.61 Å². The Morgan fingerprint density at radius 3 is 2.68 bits per heavy atom. The molecule has 0 spiro atoms. The molecule has 0 radical (unpaired) electrons. The summed E-state index contributed by atoms with van der Waals surface area (Å²) >= 11 is 8.08. The van der Waals surface area contributed by atoms with Crippen LogP contribution in [0, 0.1) is 0 Å². The summed E-state index contributed by atoms with van der Waals surface area (Å²) in [4.78, 5) is 8.82. The van der Waals surface area contributed by atoms with Crippen LogP contribution in [0.15, 0.2) is 60.8 Å². The third-order valence-corrected chi connectivity index (χ3v) is 5.24. The number of nitrogens with zero attached hydrogens (tertiary/aromatic N) is 2.